The van der Waals surface area contributed by atoms with E-state index in [-0.39, 0.29) is 23.9 Å². The molecule has 2 aliphatic rings. The first-order valence-electron chi connectivity index (χ1n) is 34.4. The number of nitrogens with zero attached hydrogens (tertiary/aromatic N) is 2. The number of carbonyl (C=O) groups excluding carboxylic acids is 4. The minimum Gasteiger partial charge on any atom is -0.462 e. The van der Waals surface area contributed by atoms with Gasteiger partial charge in [0.2, 0.25) is 0 Å². The van der Waals surface area contributed by atoms with Gasteiger partial charge >= 0.3 is 23.9 Å². The fourth-order valence-corrected chi connectivity index (χ4v) is 12.0. The molecule has 9 rings (SSSR count). The van der Waals surface area contributed by atoms with Crippen LogP contribution in [0.5, 0.6) is 0 Å². The summed E-state index contributed by atoms with van der Waals surface area (Å²) in [5, 5.41) is 0. The number of unbranched alkanes of at least 4 members (excludes halogenated alkanes) is 20. The maximum absolute atomic E-state index is 13.5. The Morgan fingerprint density at radius 1 is 0.272 bits per heavy atom. The lowest BCUT2D eigenvalue weighted by atomic mass is 10.0. The highest BCUT2D eigenvalue weighted by atomic mass is 16.5. The van der Waals surface area contributed by atoms with E-state index in [1.54, 1.807) is 0 Å². The monoisotopic (exact) mass is 1240 g/mol. The van der Waals surface area contributed by atoms with Crippen molar-refractivity contribution in [3.63, 3.8) is 0 Å². The number of aromatic amines is 2. The second-order valence-corrected chi connectivity index (χ2v) is 24.4. The predicted molar refractivity (Wildman–Crippen MR) is 375 cm³/mol. The molecular weight excluding hydrogens is 1140 g/mol. The molecule has 12 nitrogen and oxygen atoms in total. The van der Waals surface area contributed by atoms with E-state index in [0.717, 1.165) is 144 Å². The zero-order chi connectivity index (χ0) is 64.3. The molecular formula is C80H94N4O8. The molecule has 0 amide bonds. The fourth-order valence-electron chi connectivity index (χ4n) is 12.0. The maximum atomic E-state index is 13.5. The minimum absolute atomic E-state index is 0.361. The second-order valence-electron chi connectivity index (χ2n) is 24.4. The molecule has 3 aromatic heterocycles. The van der Waals surface area contributed by atoms with Crippen LogP contribution in [0.4, 0.5) is 0 Å². The standard InChI is InChI=1S/C80H94N4O8/c1-5-9-13-17-21-25-53-89-77(85)61-37-29-57(30-38-61)73-65-45-47-67(81-65)74(58-31-39-62(40-32-58)78(86)90-54-26-22-18-14-10-6-2)69-49-51-71(83-69)76(60-35-43-64(44-36-60)80(88)92-56-28-24-20-16-12-8-4)72-52-50-70(84-72)75(68-48-46-66(73)82-68)59-33-41-63(42-34-59)79(87)91-55-27-23-19-15-11-7-3/h29-52,81,84H,5-28,53-56H2,1-4H3. The van der Waals surface area contributed by atoms with Gasteiger partial charge in [0, 0.05) is 44.3 Å². The molecule has 0 aliphatic carbocycles. The zero-order valence-electron chi connectivity index (χ0n) is 54.8. The van der Waals surface area contributed by atoms with Gasteiger partial charge < -0.3 is 28.9 Å². The number of H-pyrrole nitrogens is 2. The average molecular weight is 1240 g/mol. The highest BCUT2D eigenvalue weighted by Gasteiger charge is 2.22. The highest BCUT2D eigenvalue weighted by molar-refractivity contribution is 6.01. The first-order valence-corrected chi connectivity index (χ1v) is 34.4. The third-order valence-electron chi connectivity index (χ3n) is 17.3. The lowest BCUT2D eigenvalue weighted by Gasteiger charge is -2.09. The Morgan fingerprint density at radius 3 is 0.674 bits per heavy atom. The van der Waals surface area contributed by atoms with Crippen molar-refractivity contribution in [1.29, 1.82) is 0 Å². The molecule has 2 aliphatic heterocycles. The molecule has 7 aromatic rings. The fraction of sp³-hybridized carbons (Fsp3) is 0.400. The van der Waals surface area contributed by atoms with E-state index in [4.69, 9.17) is 28.9 Å². The smallest absolute Gasteiger partial charge is 0.338 e. The summed E-state index contributed by atoms with van der Waals surface area (Å²) < 4.78 is 23.1. The number of fused-ring (bicyclic) bond motifs is 8. The van der Waals surface area contributed by atoms with E-state index >= 15 is 0 Å². The number of carbonyl (C=O) groups is 4. The molecule has 0 unspecified atom stereocenters. The van der Waals surface area contributed by atoms with Crippen molar-refractivity contribution in [3.8, 4) is 44.5 Å². The van der Waals surface area contributed by atoms with Crippen molar-refractivity contribution >= 4 is 70.2 Å². The van der Waals surface area contributed by atoms with Crippen LogP contribution < -0.4 is 0 Å². The van der Waals surface area contributed by atoms with Gasteiger partial charge in [0.15, 0.2) is 0 Å². The van der Waals surface area contributed by atoms with Gasteiger partial charge in [-0.05, 0) is 145 Å². The molecule has 482 valence electrons. The molecule has 8 bridgehead atoms. The van der Waals surface area contributed by atoms with Crippen LogP contribution in [0.15, 0.2) is 121 Å². The Hall–Kier alpha value is -8.64. The summed E-state index contributed by atoms with van der Waals surface area (Å²) in [5.41, 5.74) is 14.0. The van der Waals surface area contributed by atoms with E-state index in [0.29, 0.717) is 71.5 Å². The predicted octanol–water partition coefficient (Wildman–Crippen LogP) is 21.4. The topological polar surface area (TPSA) is 163 Å². The van der Waals surface area contributed by atoms with Gasteiger partial charge in [-0.25, -0.2) is 29.1 Å². The van der Waals surface area contributed by atoms with Gasteiger partial charge in [0.1, 0.15) is 0 Å². The number of hydrogen-bond donors (Lipinski definition) is 2. The highest BCUT2D eigenvalue weighted by Crippen LogP contribution is 2.39. The Bertz CT molecular complexity index is 3290. The SMILES string of the molecule is CCCCCCCCOC(=O)c1ccc(-c2c3nc(c(-c4ccc(C(=O)OCCCCCCCC)cc4)c4ccc([nH]4)c(-c4ccc(C(=O)OCCCCCCCC)cc4)c4nc(c(-c5ccc(C(=O)OCCCCCCCC)cc5)c5ccc2[nH]5)C=C4)C=C3)cc1. The largest absolute Gasteiger partial charge is 0.462 e. The van der Waals surface area contributed by atoms with Gasteiger partial charge in [-0.3, -0.25) is 0 Å². The molecule has 2 N–H and O–H groups in total. The van der Waals surface area contributed by atoms with Crippen LogP contribution in [0, 0.1) is 0 Å². The van der Waals surface area contributed by atoms with Crippen LogP contribution in [0.3, 0.4) is 0 Å². The summed E-state index contributed by atoms with van der Waals surface area (Å²) in [7, 11) is 0. The molecule has 0 radical (unpaired) electrons. The number of nitrogens with one attached hydrogen (secondary N) is 2. The number of hydrogen-bond acceptors (Lipinski definition) is 10. The molecule has 92 heavy (non-hydrogen) atoms. The number of ether oxygens (including phenoxy) is 4. The van der Waals surface area contributed by atoms with Crippen LogP contribution in [-0.2, 0) is 18.9 Å². The van der Waals surface area contributed by atoms with Crippen LogP contribution >= 0.6 is 0 Å². The van der Waals surface area contributed by atoms with Gasteiger partial charge in [-0.15, -0.1) is 0 Å². The number of rotatable bonds is 36. The molecule has 4 aromatic carbocycles. The van der Waals surface area contributed by atoms with Crippen molar-refractivity contribution in [2.24, 2.45) is 0 Å². The van der Waals surface area contributed by atoms with E-state index in [2.05, 4.69) is 37.7 Å². The van der Waals surface area contributed by atoms with Crippen LogP contribution in [0.25, 0.3) is 90.9 Å². The molecule has 0 saturated carbocycles. The van der Waals surface area contributed by atoms with E-state index in [9.17, 15) is 19.2 Å². The Labute approximate surface area is 544 Å². The average Bonchev–Trinajstić information content (AvgIpc) is 1.62. The normalized spacial score (nSPS) is 11.7. The third-order valence-corrected chi connectivity index (χ3v) is 17.3. The summed E-state index contributed by atoms with van der Waals surface area (Å²) in [4.78, 5) is 72.5. The summed E-state index contributed by atoms with van der Waals surface area (Å²) in [5.74, 6) is -1.45. The molecule has 0 saturated heterocycles. The lowest BCUT2D eigenvalue weighted by molar-refractivity contribution is 0.0488. The van der Waals surface area contributed by atoms with Gasteiger partial charge in [-0.2, -0.15) is 0 Å². The van der Waals surface area contributed by atoms with Crippen molar-refractivity contribution in [3.05, 3.63) is 166 Å². The van der Waals surface area contributed by atoms with Crippen LogP contribution in [0.1, 0.15) is 246 Å². The maximum Gasteiger partial charge on any atom is 0.338 e. The molecule has 12 heteroatoms. The van der Waals surface area contributed by atoms with Gasteiger partial charge in [0.05, 0.1) is 71.5 Å². The van der Waals surface area contributed by atoms with E-state index in [1.165, 1.54) is 77.0 Å². The molecule has 5 heterocycles. The summed E-state index contributed by atoms with van der Waals surface area (Å²) in [6.45, 7) is 10.3. The summed E-state index contributed by atoms with van der Waals surface area (Å²) in [6.07, 6.45) is 34.3. The molecule has 0 atom stereocenters. The summed E-state index contributed by atoms with van der Waals surface area (Å²) in [6, 6.07) is 38.2. The third kappa shape index (κ3) is 18.8. The number of esters is 4. The Balaban J connectivity index is 1.17. The molecule has 0 fully saturated rings. The first-order chi connectivity index (χ1) is 45.2. The van der Waals surface area contributed by atoms with Gasteiger partial charge in [0.25, 0.3) is 0 Å². The van der Waals surface area contributed by atoms with Gasteiger partial charge in [-0.1, -0.05) is 205 Å². The number of benzene rings is 4. The lowest BCUT2D eigenvalue weighted by Crippen LogP contribution is -2.06. The van der Waals surface area contributed by atoms with Crippen molar-refractivity contribution in [2.45, 2.75) is 182 Å². The summed E-state index contributed by atoms with van der Waals surface area (Å²) >= 11 is 0. The van der Waals surface area contributed by atoms with E-state index in [1.807, 2.05) is 146 Å². The quantitative estimate of drug-likeness (QED) is 0.0220. The number of aromatic nitrogens is 4. The second kappa shape index (κ2) is 35.8. The van der Waals surface area contributed by atoms with Crippen LogP contribution in [0.2, 0.25) is 0 Å². The van der Waals surface area contributed by atoms with Crippen molar-refractivity contribution in [1.82, 2.24) is 19.9 Å². The molecule has 0 spiro atoms. The van der Waals surface area contributed by atoms with Crippen LogP contribution in [-0.4, -0.2) is 70.2 Å². The van der Waals surface area contributed by atoms with E-state index < -0.39 is 0 Å². The minimum atomic E-state index is -0.361. The Morgan fingerprint density at radius 2 is 0.467 bits per heavy atom. The van der Waals surface area contributed by atoms with Crippen molar-refractivity contribution < 1.29 is 38.1 Å². The first kappa shape index (κ1) is 67.7. The zero-order valence-corrected chi connectivity index (χ0v) is 54.8. The van der Waals surface area contributed by atoms with Crippen molar-refractivity contribution in [2.75, 3.05) is 26.4 Å². The Kier molecular flexibility index (Phi) is 26.4.